The van der Waals surface area contributed by atoms with Crippen LogP contribution in [0.5, 0.6) is 0 Å². The predicted molar refractivity (Wildman–Crippen MR) is 72.2 cm³/mol. The van der Waals surface area contributed by atoms with Crippen molar-refractivity contribution in [3.8, 4) is 0 Å². The van der Waals surface area contributed by atoms with Gasteiger partial charge in [-0.2, -0.15) is 0 Å². The molecule has 3 heteroatoms. The van der Waals surface area contributed by atoms with Gasteiger partial charge in [0.2, 0.25) is 5.91 Å². The Bertz CT molecular complexity index is 353. The zero-order chi connectivity index (χ0) is 12.8. The maximum absolute atomic E-state index is 11.0. The Balaban J connectivity index is 0.000000686. The van der Waals surface area contributed by atoms with Crippen LogP contribution < -0.4 is 5.32 Å². The SMILES string of the molecule is CC.CC(=O)N1CC(Nc2ccc(C)cc2)C1. The number of hydrogen-bond donors (Lipinski definition) is 1. The van der Waals surface area contributed by atoms with E-state index in [0.29, 0.717) is 6.04 Å². The molecule has 3 nitrogen and oxygen atoms in total. The van der Waals surface area contributed by atoms with E-state index in [0.717, 1.165) is 18.8 Å². The number of carbonyl (C=O) groups excluding carboxylic acids is 1. The minimum absolute atomic E-state index is 0.164. The predicted octanol–water partition coefficient (Wildman–Crippen LogP) is 2.66. The molecule has 1 aliphatic heterocycles. The lowest BCUT2D eigenvalue weighted by Crippen LogP contribution is -2.56. The Morgan fingerprint density at radius 1 is 1.24 bits per heavy atom. The Morgan fingerprint density at radius 3 is 2.24 bits per heavy atom. The van der Waals surface area contributed by atoms with E-state index in [1.807, 2.05) is 18.7 Å². The van der Waals surface area contributed by atoms with E-state index in [9.17, 15) is 4.79 Å². The fourth-order valence-corrected chi connectivity index (χ4v) is 1.71. The summed E-state index contributed by atoms with van der Waals surface area (Å²) in [5.74, 6) is 0.164. The molecule has 2 rings (SSSR count). The summed E-state index contributed by atoms with van der Waals surface area (Å²) in [4.78, 5) is 12.8. The van der Waals surface area contributed by atoms with Gasteiger partial charge in [-0.05, 0) is 19.1 Å². The zero-order valence-electron chi connectivity index (χ0n) is 11.2. The number of carbonyl (C=O) groups is 1. The van der Waals surface area contributed by atoms with Crippen molar-refractivity contribution in [1.29, 1.82) is 0 Å². The largest absolute Gasteiger partial charge is 0.379 e. The lowest BCUT2D eigenvalue weighted by Gasteiger charge is -2.39. The first kappa shape index (κ1) is 13.6. The third-order valence-corrected chi connectivity index (χ3v) is 2.75. The van der Waals surface area contributed by atoms with Gasteiger partial charge in [-0.15, -0.1) is 0 Å². The second kappa shape index (κ2) is 6.28. The Hall–Kier alpha value is -1.51. The first-order chi connectivity index (χ1) is 8.15. The van der Waals surface area contributed by atoms with E-state index in [4.69, 9.17) is 0 Å². The topological polar surface area (TPSA) is 32.3 Å². The molecule has 1 fully saturated rings. The molecule has 1 aromatic carbocycles. The quantitative estimate of drug-likeness (QED) is 0.853. The number of likely N-dealkylation sites (tertiary alicyclic amines) is 1. The average Bonchev–Trinajstić information content (AvgIpc) is 2.27. The van der Waals surface area contributed by atoms with E-state index in [1.54, 1.807) is 6.92 Å². The number of nitrogens with zero attached hydrogens (tertiary/aromatic N) is 1. The van der Waals surface area contributed by atoms with Crippen LogP contribution in [-0.4, -0.2) is 29.9 Å². The zero-order valence-corrected chi connectivity index (χ0v) is 11.2. The minimum atomic E-state index is 0.164. The summed E-state index contributed by atoms with van der Waals surface area (Å²) < 4.78 is 0. The lowest BCUT2D eigenvalue weighted by atomic mass is 10.1. The highest BCUT2D eigenvalue weighted by Gasteiger charge is 2.27. The second-order valence-corrected chi connectivity index (χ2v) is 4.13. The van der Waals surface area contributed by atoms with Crippen molar-refractivity contribution in [3.05, 3.63) is 29.8 Å². The van der Waals surface area contributed by atoms with Gasteiger partial charge in [0, 0.05) is 25.7 Å². The molecule has 0 aliphatic carbocycles. The first-order valence-corrected chi connectivity index (χ1v) is 6.24. The molecule has 0 bridgehead atoms. The summed E-state index contributed by atoms with van der Waals surface area (Å²) in [5.41, 5.74) is 2.40. The fourth-order valence-electron chi connectivity index (χ4n) is 1.71. The molecule has 0 radical (unpaired) electrons. The number of anilines is 1. The number of benzene rings is 1. The second-order valence-electron chi connectivity index (χ2n) is 4.13. The van der Waals surface area contributed by atoms with Gasteiger partial charge in [-0.3, -0.25) is 4.79 Å². The molecule has 17 heavy (non-hydrogen) atoms. The smallest absolute Gasteiger partial charge is 0.219 e. The van der Waals surface area contributed by atoms with Gasteiger partial charge in [0.1, 0.15) is 0 Å². The summed E-state index contributed by atoms with van der Waals surface area (Å²) in [7, 11) is 0. The van der Waals surface area contributed by atoms with Crippen LogP contribution in [0.4, 0.5) is 5.69 Å². The molecule has 1 heterocycles. The van der Waals surface area contributed by atoms with Crippen molar-refractivity contribution in [1.82, 2.24) is 4.90 Å². The molecule has 1 N–H and O–H groups in total. The van der Waals surface area contributed by atoms with E-state index in [1.165, 1.54) is 5.56 Å². The van der Waals surface area contributed by atoms with Gasteiger partial charge in [0.25, 0.3) is 0 Å². The Kier molecular flexibility index (Phi) is 5.01. The number of aryl methyl sites for hydroxylation is 1. The van der Waals surface area contributed by atoms with Crippen LogP contribution >= 0.6 is 0 Å². The summed E-state index contributed by atoms with van der Waals surface area (Å²) in [6.07, 6.45) is 0. The van der Waals surface area contributed by atoms with Crippen LogP contribution in [0.3, 0.4) is 0 Å². The molecule has 1 aliphatic rings. The van der Waals surface area contributed by atoms with Crippen molar-refractivity contribution in [2.45, 2.75) is 33.7 Å². The van der Waals surface area contributed by atoms with Gasteiger partial charge in [-0.1, -0.05) is 31.5 Å². The van der Waals surface area contributed by atoms with Crippen molar-refractivity contribution in [2.24, 2.45) is 0 Å². The van der Waals surface area contributed by atoms with Crippen LogP contribution in [0.25, 0.3) is 0 Å². The number of hydrogen-bond acceptors (Lipinski definition) is 2. The van der Waals surface area contributed by atoms with Gasteiger partial charge in [0.05, 0.1) is 6.04 Å². The van der Waals surface area contributed by atoms with Crippen molar-refractivity contribution < 1.29 is 4.79 Å². The molecular formula is C14H22N2O. The summed E-state index contributed by atoms with van der Waals surface area (Å²) >= 11 is 0. The highest BCUT2D eigenvalue weighted by molar-refractivity contribution is 5.74. The third-order valence-electron chi connectivity index (χ3n) is 2.75. The van der Waals surface area contributed by atoms with Gasteiger partial charge >= 0.3 is 0 Å². The van der Waals surface area contributed by atoms with Crippen LogP contribution in [-0.2, 0) is 4.79 Å². The average molecular weight is 234 g/mol. The molecule has 0 atom stereocenters. The molecule has 1 amide bonds. The molecule has 1 aromatic rings. The third kappa shape index (κ3) is 3.77. The van der Waals surface area contributed by atoms with Crippen LogP contribution in [0.2, 0.25) is 0 Å². The highest BCUT2D eigenvalue weighted by atomic mass is 16.2. The number of nitrogens with one attached hydrogen (secondary N) is 1. The summed E-state index contributed by atoms with van der Waals surface area (Å²) in [5, 5.41) is 3.40. The van der Waals surface area contributed by atoms with Gasteiger partial charge in [0.15, 0.2) is 0 Å². The maximum Gasteiger partial charge on any atom is 0.219 e. The van der Waals surface area contributed by atoms with E-state index in [-0.39, 0.29) is 5.91 Å². The molecule has 0 aromatic heterocycles. The van der Waals surface area contributed by atoms with Gasteiger partial charge < -0.3 is 10.2 Å². The van der Waals surface area contributed by atoms with E-state index in [2.05, 4.69) is 36.5 Å². The standard InChI is InChI=1S/C12H16N2O.C2H6/c1-9-3-5-11(6-4-9)13-12-7-14(8-12)10(2)15;1-2/h3-6,12-13H,7-8H2,1-2H3;1-2H3. The molecule has 0 unspecified atom stereocenters. The molecule has 94 valence electrons. The van der Waals surface area contributed by atoms with E-state index < -0.39 is 0 Å². The summed E-state index contributed by atoms with van der Waals surface area (Å²) in [6.45, 7) is 9.33. The monoisotopic (exact) mass is 234 g/mol. The van der Waals surface area contributed by atoms with Gasteiger partial charge in [-0.25, -0.2) is 0 Å². The van der Waals surface area contributed by atoms with Crippen LogP contribution in [0.15, 0.2) is 24.3 Å². The number of amides is 1. The van der Waals surface area contributed by atoms with E-state index >= 15 is 0 Å². The first-order valence-electron chi connectivity index (χ1n) is 6.24. The minimum Gasteiger partial charge on any atom is -0.379 e. The maximum atomic E-state index is 11.0. The number of rotatable bonds is 2. The van der Waals surface area contributed by atoms with Crippen molar-refractivity contribution in [3.63, 3.8) is 0 Å². The molecule has 1 saturated heterocycles. The summed E-state index contributed by atoms with van der Waals surface area (Å²) in [6, 6.07) is 8.74. The van der Waals surface area contributed by atoms with Crippen molar-refractivity contribution >= 4 is 11.6 Å². The lowest BCUT2D eigenvalue weighted by molar-refractivity contribution is -0.132. The normalized spacial score (nSPS) is 14.5. The van der Waals surface area contributed by atoms with Crippen LogP contribution in [0.1, 0.15) is 26.3 Å². The molecule has 0 saturated carbocycles. The molecular weight excluding hydrogens is 212 g/mol. The van der Waals surface area contributed by atoms with Crippen LogP contribution in [0, 0.1) is 6.92 Å². The van der Waals surface area contributed by atoms with Crippen molar-refractivity contribution in [2.75, 3.05) is 18.4 Å². The fraction of sp³-hybridized carbons (Fsp3) is 0.500. The highest BCUT2D eigenvalue weighted by Crippen LogP contribution is 2.15. The Labute approximate surface area is 104 Å². The Morgan fingerprint density at radius 2 is 1.76 bits per heavy atom. The molecule has 0 spiro atoms.